The molecule has 0 amide bonds. The highest BCUT2D eigenvalue weighted by atomic mass is 32.1. The molecule has 3 rings (SSSR count). The Labute approximate surface area is 112 Å². The van der Waals surface area contributed by atoms with Crippen LogP contribution < -0.4 is 5.73 Å². The first-order chi connectivity index (χ1) is 8.55. The van der Waals surface area contributed by atoms with E-state index in [-0.39, 0.29) is 6.04 Å². The summed E-state index contributed by atoms with van der Waals surface area (Å²) in [4.78, 5) is 4.36. The molecule has 1 atom stereocenters. The summed E-state index contributed by atoms with van der Waals surface area (Å²) in [5.74, 6) is 0. The van der Waals surface area contributed by atoms with Crippen molar-refractivity contribution >= 4 is 11.3 Å². The molecular weight excluding hydrogens is 242 g/mol. The molecule has 96 valence electrons. The maximum Gasteiger partial charge on any atom is 0.112 e. The number of hydrogen-bond donors (Lipinski definition) is 1. The summed E-state index contributed by atoms with van der Waals surface area (Å²) in [6.07, 6.45) is 6.20. The predicted octanol–water partition coefficient (Wildman–Crippen LogP) is 2.97. The molecule has 2 aromatic rings. The number of thiazole rings is 1. The van der Waals surface area contributed by atoms with Crippen LogP contribution in [0.2, 0.25) is 0 Å². The van der Waals surface area contributed by atoms with Gasteiger partial charge in [0.2, 0.25) is 0 Å². The van der Waals surface area contributed by atoms with Crippen LogP contribution in [0.1, 0.15) is 42.6 Å². The van der Waals surface area contributed by atoms with Crippen molar-refractivity contribution in [1.82, 2.24) is 9.55 Å². The first-order valence-electron chi connectivity index (χ1n) is 6.37. The molecule has 2 N–H and O–H groups in total. The van der Waals surface area contributed by atoms with Gasteiger partial charge in [-0.05, 0) is 29.9 Å². The Morgan fingerprint density at radius 3 is 3.11 bits per heavy atom. The van der Waals surface area contributed by atoms with Crippen molar-refractivity contribution in [3.63, 3.8) is 0 Å². The standard InChI is InChI=1S/C14H19N3S/c1-14(2)7-11(15)10-3-5-17(12(10)8-14)9-13-16-4-6-18-13/h3-6,11H,7-9,15H2,1-2H3. The molecule has 0 spiro atoms. The van der Waals surface area contributed by atoms with Gasteiger partial charge in [0.05, 0.1) is 6.54 Å². The summed E-state index contributed by atoms with van der Waals surface area (Å²) < 4.78 is 2.31. The fourth-order valence-corrected chi connectivity index (χ4v) is 3.53. The molecule has 0 saturated carbocycles. The van der Waals surface area contributed by atoms with Gasteiger partial charge in [-0.1, -0.05) is 13.8 Å². The molecule has 1 aliphatic rings. The smallest absolute Gasteiger partial charge is 0.112 e. The molecule has 3 nitrogen and oxygen atoms in total. The molecule has 0 saturated heterocycles. The molecule has 2 heterocycles. The van der Waals surface area contributed by atoms with Gasteiger partial charge in [0.1, 0.15) is 5.01 Å². The number of hydrogen-bond acceptors (Lipinski definition) is 3. The van der Waals surface area contributed by atoms with E-state index in [9.17, 15) is 0 Å². The monoisotopic (exact) mass is 261 g/mol. The molecule has 18 heavy (non-hydrogen) atoms. The van der Waals surface area contributed by atoms with Gasteiger partial charge in [-0.3, -0.25) is 0 Å². The Morgan fingerprint density at radius 1 is 1.56 bits per heavy atom. The molecular formula is C14H19N3S. The molecule has 0 radical (unpaired) electrons. The Morgan fingerprint density at radius 2 is 2.39 bits per heavy atom. The van der Waals surface area contributed by atoms with E-state index in [0.29, 0.717) is 5.41 Å². The van der Waals surface area contributed by atoms with Gasteiger partial charge in [0, 0.05) is 29.5 Å². The first kappa shape index (κ1) is 11.9. The lowest BCUT2D eigenvalue weighted by Gasteiger charge is -2.34. The van der Waals surface area contributed by atoms with Crippen molar-refractivity contribution < 1.29 is 0 Å². The second-order valence-electron chi connectivity index (χ2n) is 5.92. The topological polar surface area (TPSA) is 43.8 Å². The largest absolute Gasteiger partial charge is 0.344 e. The maximum absolute atomic E-state index is 6.28. The molecule has 0 bridgehead atoms. The average molecular weight is 261 g/mol. The number of nitrogens with two attached hydrogens (primary N) is 1. The average Bonchev–Trinajstić information content (AvgIpc) is 2.88. The van der Waals surface area contributed by atoms with Gasteiger partial charge in [-0.15, -0.1) is 11.3 Å². The summed E-state index contributed by atoms with van der Waals surface area (Å²) >= 11 is 1.71. The van der Waals surface area contributed by atoms with Crippen molar-refractivity contribution in [3.05, 3.63) is 40.1 Å². The second kappa shape index (κ2) is 4.21. The van der Waals surface area contributed by atoms with Crippen molar-refractivity contribution in [2.45, 2.75) is 39.3 Å². The molecule has 2 aromatic heterocycles. The fraction of sp³-hybridized carbons (Fsp3) is 0.500. The van der Waals surface area contributed by atoms with Gasteiger partial charge in [0.25, 0.3) is 0 Å². The van der Waals surface area contributed by atoms with Crippen LogP contribution >= 0.6 is 11.3 Å². The van der Waals surface area contributed by atoms with Crippen molar-refractivity contribution in [1.29, 1.82) is 0 Å². The maximum atomic E-state index is 6.28. The van der Waals surface area contributed by atoms with E-state index < -0.39 is 0 Å². The predicted molar refractivity (Wildman–Crippen MR) is 74.7 cm³/mol. The number of fused-ring (bicyclic) bond motifs is 1. The lowest BCUT2D eigenvalue weighted by molar-refractivity contribution is 0.276. The quantitative estimate of drug-likeness (QED) is 0.903. The zero-order valence-electron chi connectivity index (χ0n) is 10.9. The summed E-state index contributed by atoms with van der Waals surface area (Å²) in [7, 11) is 0. The van der Waals surface area contributed by atoms with E-state index in [2.05, 4.69) is 35.7 Å². The van der Waals surface area contributed by atoms with E-state index in [1.807, 2.05) is 11.6 Å². The molecule has 0 aromatic carbocycles. The van der Waals surface area contributed by atoms with Crippen LogP contribution in [0.25, 0.3) is 0 Å². The van der Waals surface area contributed by atoms with E-state index >= 15 is 0 Å². The highest BCUT2D eigenvalue weighted by molar-refractivity contribution is 7.09. The summed E-state index contributed by atoms with van der Waals surface area (Å²) in [6.45, 7) is 5.48. The first-order valence-corrected chi connectivity index (χ1v) is 7.25. The highest BCUT2D eigenvalue weighted by Gasteiger charge is 2.32. The Balaban J connectivity index is 1.94. The van der Waals surface area contributed by atoms with Gasteiger partial charge in [-0.25, -0.2) is 4.98 Å². The van der Waals surface area contributed by atoms with Crippen LogP contribution in [-0.4, -0.2) is 9.55 Å². The van der Waals surface area contributed by atoms with Crippen LogP contribution in [0, 0.1) is 5.41 Å². The van der Waals surface area contributed by atoms with Crippen LogP contribution in [0.3, 0.4) is 0 Å². The van der Waals surface area contributed by atoms with E-state index in [1.54, 1.807) is 11.3 Å². The van der Waals surface area contributed by atoms with Gasteiger partial charge >= 0.3 is 0 Å². The lowest BCUT2D eigenvalue weighted by atomic mass is 9.74. The van der Waals surface area contributed by atoms with Crippen molar-refractivity contribution in [3.8, 4) is 0 Å². The summed E-state index contributed by atoms with van der Waals surface area (Å²) in [6, 6.07) is 2.37. The zero-order chi connectivity index (χ0) is 12.8. The minimum absolute atomic E-state index is 0.182. The second-order valence-corrected chi connectivity index (χ2v) is 6.90. The van der Waals surface area contributed by atoms with E-state index in [4.69, 9.17) is 5.73 Å². The third-order valence-electron chi connectivity index (χ3n) is 3.72. The lowest BCUT2D eigenvalue weighted by Crippen LogP contribution is -2.30. The third-order valence-corrected chi connectivity index (χ3v) is 4.49. The summed E-state index contributed by atoms with van der Waals surface area (Å²) in [5.41, 5.74) is 9.30. The van der Waals surface area contributed by atoms with E-state index in [1.165, 1.54) is 11.3 Å². The van der Waals surface area contributed by atoms with Crippen LogP contribution in [0.15, 0.2) is 23.8 Å². The number of rotatable bonds is 2. The summed E-state index contributed by atoms with van der Waals surface area (Å²) in [5, 5.41) is 3.19. The Hall–Kier alpha value is -1.13. The van der Waals surface area contributed by atoms with Crippen LogP contribution in [-0.2, 0) is 13.0 Å². The van der Waals surface area contributed by atoms with Crippen LogP contribution in [0.5, 0.6) is 0 Å². The van der Waals surface area contributed by atoms with Crippen LogP contribution in [0.4, 0.5) is 0 Å². The highest BCUT2D eigenvalue weighted by Crippen LogP contribution is 2.40. The molecule has 0 aliphatic heterocycles. The zero-order valence-corrected chi connectivity index (χ0v) is 11.7. The minimum Gasteiger partial charge on any atom is -0.344 e. The molecule has 1 aliphatic carbocycles. The van der Waals surface area contributed by atoms with Gasteiger partial charge in [-0.2, -0.15) is 0 Å². The number of nitrogens with zero attached hydrogens (tertiary/aromatic N) is 2. The molecule has 4 heteroatoms. The normalized spacial score (nSPS) is 21.8. The third kappa shape index (κ3) is 2.10. The van der Waals surface area contributed by atoms with Crippen molar-refractivity contribution in [2.75, 3.05) is 0 Å². The fourth-order valence-electron chi connectivity index (χ4n) is 2.92. The van der Waals surface area contributed by atoms with Gasteiger partial charge in [0.15, 0.2) is 0 Å². The molecule has 0 fully saturated rings. The van der Waals surface area contributed by atoms with E-state index in [0.717, 1.165) is 24.4 Å². The minimum atomic E-state index is 0.182. The van der Waals surface area contributed by atoms with Crippen molar-refractivity contribution in [2.24, 2.45) is 11.1 Å². The Kier molecular flexibility index (Phi) is 2.79. The Bertz CT molecular complexity index is 539. The SMILES string of the molecule is CC1(C)Cc2c(ccn2Cc2nccs2)C(N)C1. The molecule has 1 unspecified atom stereocenters. The van der Waals surface area contributed by atoms with Gasteiger partial charge < -0.3 is 10.3 Å². The number of aromatic nitrogens is 2.